The zero-order valence-electron chi connectivity index (χ0n) is 7.92. The smallest absolute Gasteiger partial charge is 0.182 e. The number of rotatable bonds is 1. The van der Waals surface area contributed by atoms with Gasteiger partial charge in [-0.1, -0.05) is 0 Å². The van der Waals surface area contributed by atoms with Crippen LogP contribution in [0, 0.1) is 17.5 Å². The Bertz CT molecular complexity index is 559. The van der Waals surface area contributed by atoms with E-state index in [1.807, 2.05) is 13.1 Å². The van der Waals surface area contributed by atoms with Gasteiger partial charge in [0.05, 0.1) is 5.69 Å². The van der Waals surface area contributed by atoms with Gasteiger partial charge >= 0.3 is 0 Å². The zero-order chi connectivity index (χ0) is 11.0. The maximum absolute atomic E-state index is 13.1. The van der Waals surface area contributed by atoms with Gasteiger partial charge in [0.25, 0.3) is 0 Å². The quantitative estimate of drug-likeness (QED) is 0.792. The van der Waals surface area contributed by atoms with E-state index in [0.29, 0.717) is 10.5 Å². The van der Waals surface area contributed by atoms with Crippen LogP contribution >= 0.6 is 28.1 Å². The summed E-state index contributed by atoms with van der Waals surface area (Å²) in [6.45, 7) is 1.90. The number of halogens is 2. The Hall–Kier alpha value is -0.940. The SMILES string of the molecule is Cc1cn(-c2cc(F)ccc2Br)c(=S)[nH]1. The summed E-state index contributed by atoms with van der Waals surface area (Å²) in [6, 6.07) is 4.50. The van der Waals surface area contributed by atoms with Gasteiger partial charge in [-0.05, 0) is 53.3 Å². The second-order valence-electron chi connectivity index (χ2n) is 3.21. The minimum Gasteiger partial charge on any atom is -0.335 e. The van der Waals surface area contributed by atoms with E-state index in [2.05, 4.69) is 20.9 Å². The highest BCUT2D eigenvalue weighted by atomic mass is 79.9. The summed E-state index contributed by atoms with van der Waals surface area (Å²) < 4.78 is 16.2. The van der Waals surface area contributed by atoms with E-state index in [0.717, 1.165) is 10.2 Å². The van der Waals surface area contributed by atoms with Gasteiger partial charge in [0.1, 0.15) is 5.82 Å². The summed E-state index contributed by atoms with van der Waals surface area (Å²) in [5, 5.41) is 0. The van der Waals surface area contributed by atoms with E-state index < -0.39 is 0 Å². The van der Waals surface area contributed by atoms with Crippen molar-refractivity contribution in [1.29, 1.82) is 0 Å². The molecular formula is C10H8BrFN2S. The van der Waals surface area contributed by atoms with Gasteiger partial charge in [0.2, 0.25) is 0 Å². The first-order valence-corrected chi connectivity index (χ1v) is 5.52. The van der Waals surface area contributed by atoms with E-state index in [9.17, 15) is 4.39 Å². The minimum absolute atomic E-state index is 0.283. The Labute approximate surface area is 99.9 Å². The molecule has 5 heteroatoms. The Balaban J connectivity index is 2.68. The predicted octanol–water partition coefficient (Wildman–Crippen LogP) is 3.74. The highest BCUT2D eigenvalue weighted by molar-refractivity contribution is 9.10. The molecule has 0 aliphatic carbocycles. The molecule has 0 saturated carbocycles. The van der Waals surface area contributed by atoms with E-state index in [-0.39, 0.29) is 5.82 Å². The molecule has 0 fully saturated rings. The van der Waals surface area contributed by atoms with Crippen LogP contribution in [0.2, 0.25) is 0 Å². The van der Waals surface area contributed by atoms with Crippen molar-refractivity contribution in [1.82, 2.24) is 9.55 Å². The van der Waals surface area contributed by atoms with Gasteiger partial charge in [-0.3, -0.25) is 4.57 Å². The fraction of sp³-hybridized carbons (Fsp3) is 0.100. The van der Waals surface area contributed by atoms with Crippen molar-refractivity contribution in [2.45, 2.75) is 6.92 Å². The maximum atomic E-state index is 13.1. The third-order valence-corrected chi connectivity index (χ3v) is 2.98. The molecule has 0 radical (unpaired) electrons. The number of hydrogen-bond donors (Lipinski definition) is 1. The van der Waals surface area contributed by atoms with E-state index in [4.69, 9.17) is 12.2 Å². The molecule has 78 valence electrons. The van der Waals surface area contributed by atoms with Gasteiger partial charge in [-0.2, -0.15) is 0 Å². The lowest BCUT2D eigenvalue weighted by molar-refractivity contribution is 0.626. The molecule has 0 aliphatic rings. The molecule has 0 spiro atoms. The molecule has 0 aliphatic heterocycles. The molecule has 15 heavy (non-hydrogen) atoms. The molecule has 0 bridgehead atoms. The summed E-state index contributed by atoms with van der Waals surface area (Å²) in [5.41, 5.74) is 1.64. The first-order chi connectivity index (χ1) is 7.08. The number of nitrogens with zero attached hydrogens (tertiary/aromatic N) is 1. The zero-order valence-corrected chi connectivity index (χ0v) is 10.3. The minimum atomic E-state index is -0.283. The van der Waals surface area contributed by atoms with Crippen LogP contribution in [0.15, 0.2) is 28.9 Å². The van der Waals surface area contributed by atoms with Crippen LogP contribution < -0.4 is 0 Å². The lowest BCUT2D eigenvalue weighted by Gasteiger charge is -2.04. The summed E-state index contributed by atoms with van der Waals surface area (Å²) in [6.07, 6.45) is 1.84. The van der Waals surface area contributed by atoms with Gasteiger partial charge in [0, 0.05) is 16.4 Å². The van der Waals surface area contributed by atoms with Crippen LogP contribution in [-0.4, -0.2) is 9.55 Å². The van der Waals surface area contributed by atoms with E-state index in [1.54, 1.807) is 10.6 Å². The number of aromatic amines is 1. The number of hydrogen-bond acceptors (Lipinski definition) is 1. The third-order valence-electron chi connectivity index (χ3n) is 2.01. The van der Waals surface area contributed by atoms with Crippen molar-refractivity contribution in [3.05, 3.63) is 45.2 Å². The summed E-state index contributed by atoms with van der Waals surface area (Å²) >= 11 is 8.48. The first-order valence-electron chi connectivity index (χ1n) is 4.31. The van der Waals surface area contributed by atoms with Crippen LogP contribution in [0.1, 0.15) is 5.69 Å². The Morgan fingerprint density at radius 2 is 2.20 bits per heavy atom. The average molecular weight is 287 g/mol. The van der Waals surface area contributed by atoms with E-state index in [1.165, 1.54) is 12.1 Å². The largest absolute Gasteiger partial charge is 0.335 e. The Morgan fingerprint density at radius 1 is 1.47 bits per heavy atom. The van der Waals surface area contributed by atoms with Crippen LogP contribution in [-0.2, 0) is 0 Å². The number of H-pyrrole nitrogens is 1. The van der Waals surface area contributed by atoms with Crippen molar-refractivity contribution < 1.29 is 4.39 Å². The summed E-state index contributed by atoms with van der Waals surface area (Å²) in [7, 11) is 0. The first kappa shape index (κ1) is 10.6. The molecule has 0 unspecified atom stereocenters. The number of benzene rings is 1. The highest BCUT2D eigenvalue weighted by Gasteiger charge is 2.05. The Kier molecular flexibility index (Phi) is 2.75. The molecule has 2 aromatic rings. The second-order valence-corrected chi connectivity index (χ2v) is 4.45. The van der Waals surface area contributed by atoms with Crippen LogP contribution in [0.4, 0.5) is 4.39 Å². The standard InChI is InChI=1S/C10H8BrFN2S/c1-6-5-14(10(15)13-6)9-4-7(12)2-3-8(9)11/h2-5H,1H3,(H,13,15). The number of nitrogens with one attached hydrogen (secondary N) is 1. The van der Waals surface area contributed by atoms with Crippen molar-refractivity contribution in [3.63, 3.8) is 0 Å². The molecule has 2 rings (SSSR count). The molecule has 0 saturated heterocycles. The summed E-state index contributed by atoms with van der Waals surface area (Å²) in [4.78, 5) is 2.99. The number of aryl methyl sites for hydroxylation is 1. The van der Waals surface area contributed by atoms with Crippen LogP contribution in [0.5, 0.6) is 0 Å². The lowest BCUT2D eigenvalue weighted by Crippen LogP contribution is -1.94. The van der Waals surface area contributed by atoms with Crippen LogP contribution in [0.25, 0.3) is 5.69 Å². The molecule has 1 heterocycles. The number of aromatic nitrogens is 2. The predicted molar refractivity (Wildman–Crippen MR) is 63.3 cm³/mol. The molecule has 2 nitrogen and oxygen atoms in total. The average Bonchev–Trinajstić information content (AvgIpc) is 2.50. The van der Waals surface area contributed by atoms with Crippen molar-refractivity contribution in [3.8, 4) is 5.69 Å². The maximum Gasteiger partial charge on any atom is 0.182 e. The lowest BCUT2D eigenvalue weighted by atomic mass is 10.3. The molecule has 0 amide bonds. The highest BCUT2D eigenvalue weighted by Crippen LogP contribution is 2.22. The molecule has 1 aromatic heterocycles. The van der Waals surface area contributed by atoms with Gasteiger partial charge in [0.15, 0.2) is 4.77 Å². The summed E-state index contributed by atoms with van der Waals surface area (Å²) in [5.74, 6) is -0.283. The van der Waals surface area contributed by atoms with Crippen molar-refractivity contribution in [2.24, 2.45) is 0 Å². The molecule has 0 atom stereocenters. The van der Waals surface area contributed by atoms with Gasteiger partial charge in [-0.25, -0.2) is 4.39 Å². The second kappa shape index (κ2) is 3.90. The van der Waals surface area contributed by atoms with Gasteiger partial charge in [-0.15, -0.1) is 0 Å². The molecular weight excluding hydrogens is 279 g/mol. The van der Waals surface area contributed by atoms with Gasteiger partial charge < -0.3 is 4.98 Å². The van der Waals surface area contributed by atoms with E-state index >= 15 is 0 Å². The Morgan fingerprint density at radius 3 is 2.80 bits per heavy atom. The molecule has 1 N–H and O–H groups in total. The third kappa shape index (κ3) is 2.03. The fourth-order valence-corrected chi connectivity index (χ4v) is 2.11. The topological polar surface area (TPSA) is 20.7 Å². The monoisotopic (exact) mass is 286 g/mol. The normalized spacial score (nSPS) is 10.6. The number of imidazole rings is 1. The van der Waals surface area contributed by atoms with Crippen molar-refractivity contribution >= 4 is 28.1 Å². The fourth-order valence-electron chi connectivity index (χ4n) is 1.36. The van der Waals surface area contributed by atoms with Crippen LogP contribution in [0.3, 0.4) is 0 Å². The molecule has 1 aromatic carbocycles. The van der Waals surface area contributed by atoms with Crippen molar-refractivity contribution in [2.75, 3.05) is 0 Å².